The average Bonchev–Trinajstić information content (AvgIpc) is 3.33. The summed E-state index contributed by atoms with van der Waals surface area (Å²) in [6.07, 6.45) is -2.32. The van der Waals surface area contributed by atoms with Crippen molar-refractivity contribution in [3.05, 3.63) is 30.0 Å². The molecule has 0 spiro atoms. The van der Waals surface area contributed by atoms with E-state index in [1.54, 1.807) is 19.2 Å². The van der Waals surface area contributed by atoms with Crippen LogP contribution in [0.2, 0.25) is 0 Å². The predicted molar refractivity (Wildman–Crippen MR) is 137 cm³/mol. The first-order chi connectivity index (χ1) is 18.6. The number of anilines is 2. The number of likely N-dealkylation sites (tertiary alicyclic amines) is 1. The molecule has 2 N–H and O–H groups in total. The Bertz CT molecular complexity index is 1530. The molecule has 0 radical (unpaired) electrons. The minimum atomic E-state index is -4.46. The normalized spacial score (nSPS) is 21.0. The zero-order chi connectivity index (χ0) is 27.5. The van der Waals surface area contributed by atoms with Crippen molar-refractivity contribution in [2.75, 3.05) is 44.0 Å². The maximum absolute atomic E-state index is 15.4. The standard InChI is InChI=1S/C25H29F4N9O/c1-13-8-36(15-10-39-11-15)7-6-17(13)33-24-34-22(30-3)21-20(16(26)9-38(21)35-24)18-4-5-19-23(32-18)37(14(2)31-19)12-25(27,28)29/h4-5,9,13,15,17H,6-8,10-12H2,1-3H3,(H2,30,33,34,35)/t13-,17+/m1/s1. The summed E-state index contributed by atoms with van der Waals surface area (Å²) in [5.41, 5.74) is 0.909. The van der Waals surface area contributed by atoms with Crippen LogP contribution in [0.25, 0.3) is 27.9 Å². The number of aryl methyl sites for hydroxylation is 1. The summed E-state index contributed by atoms with van der Waals surface area (Å²) in [5, 5.41) is 10.9. The Morgan fingerprint density at radius 2 is 1.95 bits per heavy atom. The third-order valence-corrected chi connectivity index (χ3v) is 7.59. The fourth-order valence-electron chi connectivity index (χ4n) is 5.48. The van der Waals surface area contributed by atoms with Crippen LogP contribution >= 0.6 is 0 Å². The Labute approximate surface area is 221 Å². The van der Waals surface area contributed by atoms with Gasteiger partial charge in [0.05, 0.1) is 36.7 Å². The summed E-state index contributed by atoms with van der Waals surface area (Å²) in [4.78, 5) is 15.6. The van der Waals surface area contributed by atoms with Gasteiger partial charge in [-0.2, -0.15) is 18.2 Å². The molecule has 0 bridgehead atoms. The van der Waals surface area contributed by atoms with E-state index in [2.05, 4.69) is 42.5 Å². The molecule has 0 aliphatic carbocycles. The van der Waals surface area contributed by atoms with Crippen LogP contribution in [0.15, 0.2) is 18.3 Å². The van der Waals surface area contributed by atoms with E-state index >= 15 is 4.39 Å². The van der Waals surface area contributed by atoms with Crippen molar-refractivity contribution in [3.8, 4) is 11.3 Å². The van der Waals surface area contributed by atoms with Gasteiger partial charge in [-0.25, -0.2) is 18.9 Å². The Morgan fingerprint density at radius 1 is 1.15 bits per heavy atom. The Morgan fingerprint density at radius 3 is 2.62 bits per heavy atom. The lowest BCUT2D eigenvalue weighted by atomic mass is 9.92. The topological polar surface area (TPSA) is 97.4 Å². The second-order valence-electron chi connectivity index (χ2n) is 10.3. The van der Waals surface area contributed by atoms with Crippen molar-refractivity contribution in [1.82, 2.24) is 34.0 Å². The molecule has 6 rings (SSSR count). The number of fused-ring (bicyclic) bond motifs is 2. The summed E-state index contributed by atoms with van der Waals surface area (Å²) in [6.45, 7) is 5.87. The second kappa shape index (κ2) is 9.59. The van der Waals surface area contributed by atoms with E-state index in [4.69, 9.17) is 4.74 Å². The fourth-order valence-corrected chi connectivity index (χ4v) is 5.48. The van der Waals surface area contributed by atoms with Crippen LogP contribution < -0.4 is 10.6 Å². The zero-order valence-electron chi connectivity index (χ0n) is 21.8. The number of hydrogen-bond acceptors (Lipinski definition) is 8. The summed E-state index contributed by atoms with van der Waals surface area (Å²) in [7, 11) is 1.67. The first-order valence-corrected chi connectivity index (χ1v) is 12.9. The molecule has 2 saturated heterocycles. The van der Waals surface area contributed by atoms with Crippen molar-refractivity contribution in [2.24, 2.45) is 5.92 Å². The molecular weight excluding hydrogens is 518 g/mol. The van der Waals surface area contributed by atoms with Gasteiger partial charge in [0, 0.05) is 26.2 Å². The van der Waals surface area contributed by atoms with Gasteiger partial charge in [-0.3, -0.25) is 4.90 Å². The number of nitrogens with one attached hydrogen (secondary N) is 2. The molecule has 208 valence electrons. The van der Waals surface area contributed by atoms with Crippen molar-refractivity contribution < 1.29 is 22.3 Å². The highest BCUT2D eigenvalue weighted by molar-refractivity contribution is 5.89. The van der Waals surface area contributed by atoms with Crippen molar-refractivity contribution in [2.45, 2.75) is 45.1 Å². The molecule has 2 aliphatic rings. The summed E-state index contributed by atoms with van der Waals surface area (Å²) >= 11 is 0. The van der Waals surface area contributed by atoms with Gasteiger partial charge in [0.1, 0.15) is 23.4 Å². The fraction of sp³-hybridized carbons (Fsp3) is 0.520. The first kappa shape index (κ1) is 25.7. The predicted octanol–water partition coefficient (Wildman–Crippen LogP) is 3.71. The Balaban J connectivity index is 1.33. The first-order valence-electron chi connectivity index (χ1n) is 12.9. The van der Waals surface area contributed by atoms with E-state index in [9.17, 15) is 13.2 Å². The van der Waals surface area contributed by atoms with Crippen LogP contribution in [0.3, 0.4) is 0 Å². The average molecular weight is 548 g/mol. The van der Waals surface area contributed by atoms with E-state index < -0.39 is 18.5 Å². The lowest BCUT2D eigenvalue weighted by Crippen LogP contribution is -2.55. The molecule has 2 atom stereocenters. The molecule has 0 aromatic carbocycles. The van der Waals surface area contributed by atoms with Gasteiger partial charge in [0.2, 0.25) is 5.95 Å². The number of imidazole rings is 1. The molecular formula is C25H29F4N9O. The van der Waals surface area contributed by atoms with E-state index in [1.165, 1.54) is 17.6 Å². The number of alkyl halides is 3. The van der Waals surface area contributed by atoms with Gasteiger partial charge < -0.3 is 19.9 Å². The van der Waals surface area contributed by atoms with E-state index in [0.717, 1.165) is 37.3 Å². The highest BCUT2D eigenvalue weighted by Gasteiger charge is 2.34. The molecule has 2 aliphatic heterocycles. The SMILES string of the molecule is CNc1nc(N[C@H]2CCN(C3COC3)C[C@H]2C)nn2cc(F)c(-c3ccc4nc(C)n(CC(F)(F)F)c4n3)c12. The number of piperidine rings is 1. The third kappa shape index (κ3) is 4.75. The minimum Gasteiger partial charge on any atom is -0.378 e. The third-order valence-electron chi connectivity index (χ3n) is 7.59. The van der Waals surface area contributed by atoms with Crippen LogP contribution in [0, 0.1) is 18.7 Å². The van der Waals surface area contributed by atoms with Crippen LogP contribution in [0.1, 0.15) is 19.2 Å². The molecule has 10 nitrogen and oxygen atoms in total. The van der Waals surface area contributed by atoms with Gasteiger partial charge in [0.15, 0.2) is 17.3 Å². The molecule has 6 heterocycles. The van der Waals surface area contributed by atoms with Gasteiger partial charge in [-0.15, -0.1) is 5.10 Å². The quantitative estimate of drug-likeness (QED) is 0.353. The van der Waals surface area contributed by atoms with Crippen LogP contribution in [-0.4, -0.2) is 85.6 Å². The summed E-state index contributed by atoms with van der Waals surface area (Å²) in [6, 6.07) is 3.71. The molecule has 14 heteroatoms. The number of nitrogens with zero attached hydrogens (tertiary/aromatic N) is 7. The lowest BCUT2D eigenvalue weighted by molar-refractivity contribution is -0.140. The molecule has 4 aromatic heterocycles. The zero-order valence-corrected chi connectivity index (χ0v) is 21.8. The summed E-state index contributed by atoms with van der Waals surface area (Å²) < 4.78 is 62.7. The minimum absolute atomic E-state index is 0.0279. The van der Waals surface area contributed by atoms with Crippen molar-refractivity contribution >= 4 is 28.4 Å². The number of halogens is 4. The highest BCUT2D eigenvalue weighted by Crippen LogP contribution is 2.34. The number of ether oxygens (including phenoxy) is 1. The van der Waals surface area contributed by atoms with Gasteiger partial charge in [-0.1, -0.05) is 6.92 Å². The van der Waals surface area contributed by atoms with E-state index in [0.29, 0.717) is 34.8 Å². The highest BCUT2D eigenvalue weighted by atomic mass is 19.4. The monoisotopic (exact) mass is 547 g/mol. The molecule has 0 amide bonds. The number of hydrogen-bond donors (Lipinski definition) is 2. The molecule has 0 unspecified atom stereocenters. The maximum Gasteiger partial charge on any atom is 0.406 e. The maximum atomic E-state index is 15.4. The van der Waals surface area contributed by atoms with Crippen molar-refractivity contribution in [1.29, 1.82) is 0 Å². The van der Waals surface area contributed by atoms with Crippen LogP contribution in [0.5, 0.6) is 0 Å². The Kier molecular flexibility index (Phi) is 6.33. The number of aromatic nitrogens is 6. The smallest absolute Gasteiger partial charge is 0.378 e. The second-order valence-corrected chi connectivity index (χ2v) is 10.3. The Hall–Kier alpha value is -3.52. The van der Waals surface area contributed by atoms with Crippen LogP contribution in [-0.2, 0) is 11.3 Å². The largest absolute Gasteiger partial charge is 0.406 e. The molecule has 39 heavy (non-hydrogen) atoms. The van der Waals surface area contributed by atoms with E-state index in [1.807, 2.05) is 0 Å². The van der Waals surface area contributed by atoms with E-state index in [-0.39, 0.29) is 28.8 Å². The molecule has 0 saturated carbocycles. The number of pyridine rings is 1. The molecule has 4 aromatic rings. The van der Waals surface area contributed by atoms with Crippen LogP contribution in [0.4, 0.5) is 29.3 Å². The summed E-state index contributed by atoms with van der Waals surface area (Å²) in [5.74, 6) is 0.616. The van der Waals surface area contributed by atoms with Gasteiger partial charge >= 0.3 is 6.18 Å². The lowest BCUT2D eigenvalue weighted by Gasteiger charge is -2.44. The van der Waals surface area contributed by atoms with Gasteiger partial charge in [0.25, 0.3) is 0 Å². The molecule has 2 fully saturated rings. The van der Waals surface area contributed by atoms with Crippen molar-refractivity contribution in [3.63, 3.8) is 0 Å². The number of rotatable bonds is 6. The van der Waals surface area contributed by atoms with Gasteiger partial charge in [-0.05, 0) is 31.4 Å².